The van der Waals surface area contributed by atoms with Crippen molar-refractivity contribution in [3.8, 4) is 0 Å². The average molecular weight is 532 g/mol. The van der Waals surface area contributed by atoms with E-state index in [0.29, 0.717) is 34.9 Å². The van der Waals surface area contributed by atoms with E-state index in [-0.39, 0.29) is 17.7 Å². The number of rotatable bonds is 3. The van der Waals surface area contributed by atoms with Gasteiger partial charge in [0.05, 0.1) is 16.4 Å². The molecule has 7 heteroatoms. The maximum Gasteiger partial charge on any atom is 0.258 e. The van der Waals surface area contributed by atoms with E-state index in [2.05, 4.69) is 10.2 Å². The number of para-hydroxylation sites is 1. The lowest BCUT2D eigenvalue weighted by Crippen LogP contribution is -2.44. The first kappa shape index (κ1) is 26.3. The van der Waals surface area contributed by atoms with E-state index in [1.807, 2.05) is 75.4 Å². The van der Waals surface area contributed by atoms with Crippen molar-refractivity contribution in [3.05, 3.63) is 88.4 Å². The standard InChI is InChI=1S/C31H34ClN3O3/c1-30(2,3)29(37)33-21-13-14-27(25(32)19-21)35-17-15-20(16-18-35)31(38)23-10-6-5-9-22(23)28(36)34(4)26-12-8-7-11-24(26)31/h5-14,19-20,38H,15-18H2,1-4H3,(H,33,37). The lowest BCUT2D eigenvalue weighted by Gasteiger charge is -2.43. The van der Waals surface area contributed by atoms with Gasteiger partial charge in [0.1, 0.15) is 5.60 Å². The van der Waals surface area contributed by atoms with Crippen molar-refractivity contribution in [1.82, 2.24) is 0 Å². The molecule has 2 amide bonds. The molecule has 3 aromatic carbocycles. The van der Waals surface area contributed by atoms with Gasteiger partial charge in [-0.15, -0.1) is 0 Å². The number of benzene rings is 3. The summed E-state index contributed by atoms with van der Waals surface area (Å²) in [4.78, 5) is 29.6. The van der Waals surface area contributed by atoms with Crippen LogP contribution in [0.15, 0.2) is 66.7 Å². The molecule has 1 fully saturated rings. The number of hydrogen-bond donors (Lipinski definition) is 2. The van der Waals surface area contributed by atoms with E-state index in [1.165, 1.54) is 0 Å². The molecule has 1 unspecified atom stereocenters. The van der Waals surface area contributed by atoms with Crippen LogP contribution in [0.5, 0.6) is 0 Å². The van der Waals surface area contributed by atoms with Gasteiger partial charge < -0.3 is 20.2 Å². The van der Waals surface area contributed by atoms with Crippen LogP contribution < -0.4 is 15.1 Å². The van der Waals surface area contributed by atoms with Crippen molar-refractivity contribution in [2.75, 3.05) is 35.3 Å². The fourth-order valence-corrected chi connectivity index (χ4v) is 5.96. The lowest BCUT2D eigenvalue weighted by molar-refractivity contribution is -0.123. The van der Waals surface area contributed by atoms with Crippen molar-refractivity contribution in [1.29, 1.82) is 0 Å². The predicted molar refractivity (Wildman–Crippen MR) is 153 cm³/mol. The molecule has 5 rings (SSSR count). The molecule has 2 aliphatic rings. The lowest BCUT2D eigenvalue weighted by atomic mass is 9.70. The zero-order valence-electron chi connectivity index (χ0n) is 22.3. The Morgan fingerprint density at radius 1 is 0.974 bits per heavy atom. The summed E-state index contributed by atoms with van der Waals surface area (Å²) in [5, 5.41) is 16.1. The summed E-state index contributed by atoms with van der Waals surface area (Å²) in [6.07, 6.45) is 1.44. The SMILES string of the molecule is CN1C(=O)c2ccccc2C(O)(C2CCN(c3ccc(NC(=O)C(C)(C)C)cc3Cl)CC2)c2ccccc21. The Labute approximate surface area is 229 Å². The van der Waals surface area contributed by atoms with E-state index in [4.69, 9.17) is 11.6 Å². The minimum absolute atomic E-state index is 0.0662. The maximum absolute atomic E-state index is 13.4. The summed E-state index contributed by atoms with van der Waals surface area (Å²) in [6, 6.07) is 20.7. The minimum atomic E-state index is -1.30. The fourth-order valence-electron chi connectivity index (χ4n) is 5.66. The van der Waals surface area contributed by atoms with E-state index in [9.17, 15) is 14.7 Å². The number of carbonyl (C=O) groups is 2. The van der Waals surface area contributed by atoms with Crippen LogP contribution in [0.2, 0.25) is 5.02 Å². The summed E-state index contributed by atoms with van der Waals surface area (Å²) >= 11 is 6.68. The van der Waals surface area contributed by atoms with Crippen molar-refractivity contribution >= 4 is 40.5 Å². The normalized spacial score (nSPS) is 20.0. The van der Waals surface area contributed by atoms with Crippen LogP contribution in [0.1, 0.15) is 55.1 Å². The molecule has 1 saturated heterocycles. The van der Waals surface area contributed by atoms with E-state index in [1.54, 1.807) is 24.1 Å². The largest absolute Gasteiger partial charge is 0.380 e. The van der Waals surface area contributed by atoms with Crippen molar-refractivity contribution < 1.29 is 14.7 Å². The molecular formula is C31H34ClN3O3. The van der Waals surface area contributed by atoms with Crippen LogP contribution in [-0.4, -0.2) is 37.1 Å². The molecular weight excluding hydrogens is 498 g/mol. The van der Waals surface area contributed by atoms with Gasteiger partial charge in [0, 0.05) is 47.9 Å². The van der Waals surface area contributed by atoms with Gasteiger partial charge in [-0.3, -0.25) is 9.59 Å². The van der Waals surface area contributed by atoms with Crippen LogP contribution in [0.3, 0.4) is 0 Å². The van der Waals surface area contributed by atoms with Crippen LogP contribution in [0.25, 0.3) is 0 Å². The van der Waals surface area contributed by atoms with Gasteiger partial charge in [0.2, 0.25) is 5.91 Å². The zero-order chi connectivity index (χ0) is 27.2. The monoisotopic (exact) mass is 531 g/mol. The number of amides is 2. The molecule has 0 aromatic heterocycles. The highest BCUT2D eigenvalue weighted by molar-refractivity contribution is 6.33. The number of fused-ring (bicyclic) bond motifs is 2. The first-order valence-corrected chi connectivity index (χ1v) is 13.4. The van der Waals surface area contributed by atoms with Gasteiger partial charge in [0.15, 0.2) is 0 Å². The number of nitrogens with one attached hydrogen (secondary N) is 1. The average Bonchev–Trinajstić information content (AvgIpc) is 2.97. The van der Waals surface area contributed by atoms with Gasteiger partial charge in [-0.25, -0.2) is 0 Å². The zero-order valence-corrected chi connectivity index (χ0v) is 23.0. The second-order valence-corrected chi connectivity index (χ2v) is 11.7. The number of piperidine rings is 1. The Hall–Kier alpha value is -3.35. The molecule has 0 aliphatic carbocycles. The molecule has 0 radical (unpaired) electrons. The molecule has 6 nitrogen and oxygen atoms in total. The number of aliphatic hydroxyl groups is 1. The quantitative estimate of drug-likeness (QED) is 0.430. The topological polar surface area (TPSA) is 72.9 Å². The third-order valence-corrected chi connectivity index (χ3v) is 8.16. The van der Waals surface area contributed by atoms with Crippen LogP contribution in [0, 0.1) is 11.3 Å². The van der Waals surface area contributed by atoms with Crippen LogP contribution >= 0.6 is 11.6 Å². The Kier molecular flexibility index (Phi) is 6.74. The predicted octanol–water partition coefficient (Wildman–Crippen LogP) is 6.07. The second kappa shape index (κ2) is 9.75. The Balaban J connectivity index is 1.42. The summed E-state index contributed by atoms with van der Waals surface area (Å²) in [6.45, 7) is 7.02. The third-order valence-electron chi connectivity index (χ3n) is 7.86. The van der Waals surface area contributed by atoms with Gasteiger partial charge in [-0.05, 0) is 49.1 Å². The second-order valence-electron chi connectivity index (χ2n) is 11.3. The van der Waals surface area contributed by atoms with E-state index < -0.39 is 11.0 Å². The molecule has 0 saturated carbocycles. The first-order valence-electron chi connectivity index (χ1n) is 13.1. The maximum atomic E-state index is 13.4. The molecule has 198 valence electrons. The molecule has 0 bridgehead atoms. The van der Waals surface area contributed by atoms with E-state index >= 15 is 0 Å². The number of anilines is 3. The number of carbonyl (C=O) groups excluding carboxylic acids is 2. The van der Waals surface area contributed by atoms with Gasteiger partial charge in [-0.2, -0.15) is 0 Å². The van der Waals surface area contributed by atoms with Crippen molar-refractivity contribution in [3.63, 3.8) is 0 Å². The summed E-state index contributed by atoms with van der Waals surface area (Å²) in [5.41, 5.74) is 2.47. The number of halogens is 1. The highest BCUT2D eigenvalue weighted by Gasteiger charge is 2.47. The van der Waals surface area contributed by atoms with Gasteiger partial charge in [0.25, 0.3) is 5.91 Å². The number of nitrogens with zero attached hydrogens (tertiary/aromatic N) is 2. The van der Waals surface area contributed by atoms with Gasteiger partial charge >= 0.3 is 0 Å². The minimum Gasteiger partial charge on any atom is -0.380 e. The molecule has 0 spiro atoms. The van der Waals surface area contributed by atoms with E-state index in [0.717, 1.165) is 29.8 Å². The first-order chi connectivity index (χ1) is 18.0. The Bertz CT molecular complexity index is 1390. The van der Waals surface area contributed by atoms with Crippen molar-refractivity contribution in [2.24, 2.45) is 11.3 Å². The Morgan fingerprint density at radius 3 is 2.26 bits per heavy atom. The van der Waals surface area contributed by atoms with Crippen LogP contribution in [-0.2, 0) is 10.4 Å². The van der Waals surface area contributed by atoms with Crippen molar-refractivity contribution in [2.45, 2.75) is 39.2 Å². The highest BCUT2D eigenvalue weighted by Crippen LogP contribution is 2.49. The third kappa shape index (κ3) is 4.46. The Morgan fingerprint density at radius 2 is 1.61 bits per heavy atom. The summed E-state index contributed by atoms with van der Waals surface area (Å²) in [7, 11) is 1.77. The smallest absolute Gasteiger partial charge is 0.258 e. The van der Waals surface area contributed by atoms with Gasteiger partial charge in [-0.1, -0.05) is 68.8 Å². The molecule has 2 heterocycles. The number of hydrogen-bond acceptors (Lipinski definition) is 4. The molecule has 1 atom stereocenters. The van der Waals surface area contributed by atoms with Crippen LogP contribution in [0.4, 0.5) is 17.1 Å². The molecule has 38 heavy (non-hydrogen) atoms. The fraction of sp³-hybridized carbons (Fsp3) is 0.355. The summed E-state index contributed by atoms with van der Waals surface area (Å²) in [5.74, 6) is -0.278. The highest BCUT2D eigenvalue weighted by atomic mass is 35.5. The molecule has 2 aliphatic heterocycles. The summed E-state index contributed by atoms with van der Waals surface area (Å²) < 4.78 is 0. The molecule has 3 aromatic rings. The molecule has 2 N–H and O–H groups in total.